The first-order valence-corrected chi connectivity index (χ1v) is 6.26. The minimum atomic E-state index is -0.609. The van der Waals surface area contributed by atoms with E-state index in [1.54, 1.807) is 24.3 Å². The summed E-state index contributed by atoms with van der Waals surface area (Å²) in [6.45, 7) is -0.226. The summed E-state index contributed by atoms with van der Waals surface area (Å²) in [6, 6.07) is 9.60. The standard InChI is InChI=1S/C15H11ClF2O2/c16-11-2-1-3-14(8-11)20-9-13(19)7-10-6-12(17)4-5-15(10)18/h1-6,8H,7,9H2. The third-order valence-corrected chi connectivity index (χ3v) is 2.83. The summed E-state index contributed by atoms with van der Waals surface area (Å²) in [5.74, 6) is -1.09. The topological polar surface area (TPSA) is 26.3 Å². The highest BCUT2D eigenvalue weighted by Gasteiger charge is 2.10. The summed E-state index contributed by atoms with van der Waals surface area (Å²) in [7, 11) is 0. The molecule has 2 aromatic rings. The number of hydrogen-bond donors (Lipinski definition) is 0. The highest BCUT2D eigenvalue weighted by atomic mass is 35.5. The van der Waals surface area contributed by atoms with E-state index in [1.807, 2.05) is 0 Å². The Morgan fingerprint density at radius 2 is 1.95 bits per heavy atom. The van der Waals surface area contributed by atoms with Gasteiger partial charge < -0.3 is 4.74 Å². The summed E-state index contributed by atoms with van der Waals surface area (Å²) in [4.78, 5) is 11.7. The zero-order valence-corrected chi connectivity index (χ0v) is 11.2. The average Bonchev–Trinajstić information content (AvgIpc) is 2.41. The van der Waals surface area contributed by atoms with E-state index in [-0.39, 0.29) is 24.4 Å². The van der Waals surface area contributed by atoms with E-state index in [1.165, 1.54) is 0 Å². The molecular weight excluding hydrogens is 286 g/mol. The lowest BCUT2D eigenvalue weighted by Gasteiger charge is -2.06. The molecule has 0 unspecified atom stereocenters. The lowest BCUT2D eigenvalue weighted by Crippen LogP contribution is -2.14. The van der Waals surface area contributed by atoms with Crippen molar-refractivity contribution in [2.75, 3.05) is 6.61 Å². The van der Waals surface area contributed by atoms with Gasteiger partial charge in [-0.15, -0.1) is 0 Å². The van der Waals surface area contributed by atoms with Crippen molar-refractivity contribution in [2.24, 2.45) is 0 Å². The van der Waals surface area contributed by atoms with Crippen LogP contribution in [0.4, 0.5) is 8.78 Å². The molecular formula is C15H11ClF2O2. The Morgan fingerprint density at radius 3 is 2.70 bits per heavy atom. The molecule has 0 aliphatic heterocycles. The summed E-state index contributed by atoms with van der Waals surface area (Å²) in [6.07, 6.45) is -0.218. The van der Waals surface area contributed by atoms with Crippen molar-refractivity contribution < 1.29 is 18.3 Å². The largest absolute Gasteiger partial charge is 0.486 e. The van der Waals surface area contributed by atoms with Gasteiger partial charge in [0, 0.05) is 11.4 Å². The number of carbonyl (C=O) groups excluding carboxylic acids is 1. The number of carbonyl (C=O) groups is 1. The predicted molar refractivity (Wildman–Crippen MR) is 72.0 cm³/mol. The molecule has 2 aromatic carbocycles. The van der Waals surface area contributed by atoms with Crippen molar-refractivity contribution in [2.45, 2.75) is 6.42 Å². The van der Waals surface area contributed by atoms with Crippen LogP contribution in [0.3, 0.4) is 0 Å². The zero-order valence-electron chi connectivity index (χ0n) is 10.4. The molecule has 0 atom stereocenters. The first-order chi connectivity index (χ1) is 9.54. The van der Waals surface area contributed by atoms with Crippen LogP contribution in [-0.4, -0.2) is 12.4 Å². The monoisotopic (exact) mass is 296 g/mol. The number of hydrogen-bond acceptors (Lipinski definition) is 2. The van der Waals surface area contributed by atoms with Gasteiger partial charge in [-0.1, -0.05) is 17.7 Å². The van der Waals surface area contributed by atoms with E-state index in [2.05, 4.69) is 0 Å². The smallest absolute Gasteiger partial charge is 0.174 e. The van der Waals surface area contributed by atoms with Crippen LogP contribution in [0, 0.1) is 11.6 Å². The Morgan fingerprint density at radius 1 is 1.15 bits per heavy atom. The zero-order chi connectivity index (χ0) is 14.5. The summed E-state index contributed by atoms with van der Waals surface area (Å²) >= 11 is 5.77. The SMILES string of the molecule is O=C(COc1cccc(Cl)c1)Cc1cc(F)ccc1F. The molecule has 2 rings (SSSR count). The Bertz CT molecular complexity index is 629. The number of benzene rings is 2. The fraction of sp³-hybridized carbons (Fsp3) is 0.133. The molecule has 5 heteroatoms. The normalized spacial score (nSPS) is 10.3. The van der Waals surface area contributed by atoms with Crippen LogP contribution in [0.25, 0.3) is 0 Å². The van der Waals surface area contributed by atoms with Gasteiger partial charge in [0.25, 0.3) is 0 Å². The predicted octanol–water partition coefficient (Wildman–Crippen LogP) is 3.81. The Kier molecular flexibility index (Phi) is 4.69. The van der Waals surface area contributed by atoms with Gasteiger partial charge in [0.15, 0.2) is 5.78 Å². The van der Waals surface area contributed by atoms with Crippen LogP contribution < -0.4 is 4.74 Å². The average molecular weight is 297 g/mol. The van der Waals surface area contributed by atoms with Gasteiger partial charge in [0.2, 0.25) is 0 Å². The molecule has 0 radical (unpaired) electrons. The second-order valence-corrected chi connectivity index (χ2v) is 4.63. The van der Waals surface area contributed by atoms with Gasteiger partial charge in [-0.25, -0.2) is 8.78 Å². The molecule has 0 spiro atoms. The molecule has 0 heterocycles. The second-order valence-electron chi connectivity index (χ2n) is 4.20. The van der Waals surface area contributed by atoms with E-state index < -0.39 is 11.6 Å². The number of rotatable bonds is 5. The third-order valence-electron chi connectivity index (χ3n) is 2.59. The maximum Gasteiger partial charge on any atom is 0.174 e. The Labute approximate surface area is 119 Å². The van der Waals surface area contributed by atoms with E-state index in [0.717, 1.165) is 18.2 Å². The van der Waals surface area contributed by atoms with E-state index >= 15 is 0 Å². The molecule has 0 aliphatic carbocycles. The van der Waals surface area contributed by atoms with Crippen molar-refractivity contribution in [1.82, 2.24) is 0 Å². The molecule has 0 bridgehead atoms. The number of Topliss-reactive ketones (excluding diaryl/α,β-unsaturated/α-hetero) is 1. The number of halogens is 3. The molecule has 0 amide bonds. The highest BCUT2D eigenvalue weighted by Crippen LogP contribution is 2.17. The molecule has 0 saturated heterocycles. The molecule has 0 aliphatic rings. The maximum absolute atomic E-state index is 13.4. The lowest BCUT2D eigenvalue weighted by molar-refractivity contribution is -0.120. The van der Waals surface area contributed by atoms with Crippen molar-refractivity contribution in [1.29, 1.82) is 0 Å². The maximum atomic E-state index is 13.4. The van der Waals surface area contributed by atoms with Crippen LogP contribution in [0.15, 0.2) is 42.5 Å². The molecule has 0 aromatic heterocycles. The summed E-state index contributed by atoms with van der Waals surface area (Å²) < 4.78 is 31.6. The first-order valence-electron chi connectivity index (χ1n) is 5.88. The molecule has 0 N–H and O–H groups in total. The Balaban J connectivity index is 1.94. The number of ether oxygens (including phenoxy) is 1. The van der Waals surface area contributed by atoms with Crippen LogP contribution in [-0.2, 0) is 11.2 Å². The van der Waals surface area contributed by atoms with Gasteiger partial charge in [-0.05, 0) is 42.0 Å². The summed E-state index contributed by atoms with van der Waals surface area (Å²) in [5, 5.41) is 0.492. The molecule has 2 nitrogen and oxygen atoms in total. The minimum absolute atomic E-state index is 0.0182. The van der Waals surface area contributed by atoms with E-state index in [9.17, 15) is 13.6 Å². The van der Waals surface area contributed by atoms with Crippen molar-refractivity contribution in [3.63, 3.8) is 0 Å². The fourth-order valence-electron chi connectivity index (χ4n) is 1.66. The van der Waals surface area contributed by atoms with Gasteiger partial charge in [-0.2, -0.15) is 0 Å². The van der Waals surface area contributed by atoms with Crippen molar-refractivity contribution in [3.05, 3.63) is 64.7 Å². The lowest BCUT2D eigenvalue weighted by atomic mass is 10.1. The van der Waals surface area contributed by atoms with Crippen molar-refractivity contribution >= 4 is 17.4 Å². The first kappa shape index (κ1) is 14.5. The molecule has 104 valence electrons. The second kappa shape index (κ2) is 6.48. The van der Waals surface area contributed by atoms with Gasteiger partial charge in [0.1, 0.15) is 24.0 Å². The molecule has 0 saturated carbocycles. The quantitative estimate of drug-likeness (QED) is 0.838. The van der Waals surface area contributed by atoms with Crippen LogP contribution in [0.5, 0.6) is 5.75 Å². The summed E-state index contributed by atoms with van der Waals surface area (Å²) in [5.41, 5.74) is 0.0182. The molecule has 20 heavy (non-hydrogen) atoms. The van der Waals surface area contributed by atoms with Gasteiger partial charge in [0.05, 0.1) is 0 Å². The van der Waals surface area contributed by atoms with E-state index in [4.69, 9.17) is 16.3 Å². The third kappa shape index (κ3) is 4.03. The van der Waals surface area contributed by atoms with Crippen LogP contribution in [0.1, 0.15) is 5.56 Å². The highest BCUT2D eigenvalue weighted by molar-refractivity contribution is 6.30. The van der Waals surface area contributed by atoms with E-state index in [0.29, 0.717) is 10.8 Å². The van der Waals surface area contributed by atoms with Crippen LogP contribution in [0.2, 0.25) is 5.02 Å². The minimum Gasteiger partial charge on any atom is -0.486 e. The Hall–Kier alpha value is -1.94. The van der Waals surface area contributed by atoms with Crippen molar-refractivity contribution in [3.8, 4) is 5.75 Å². The van der Waals surface area contributed by atoms with Gasteiger partial charge in [-0.3, -0.25) is 4.79 Å². The van der Waals surface area contributed by atoms with Gasteiger partial charge >= 0.3 is 0 Å². The fourth-order valence-corrected chi connectivity index (χ4v) is 1.84. The molecule has 0 fully saturated rings. The van der Waals surface area contributed by atoms with Crippen LogP contribution >= 0.6 is 11.6 Å². The number of ketones is 1.